The Hall–Kier alpha value is -2.60. The molecule has 1 aliphatic heterocycles. The minimum Gasteiger partial charge on any atom is -0.369 e. The van der Waals surface area contributed by atoms with Crippen molar-refractivity contribution in [3.63, 3.8) is 0 Å². The number of nitrogens with zero attached hydrogens (tertiary/aromatic N) is 4. The van der Waals surface area contributed by atoms with Crippen LogP contribution in [0.15, 0.2) is 36.5 Å². The maximum Gasteiger partial charge on any atom is 0.229 e. The highest BCUT2D eigenvalue weighted by atomic mass is 15.2. The number of hydrogen-bond acceptors (Lipinski definition) is 5. The summed E-state index contributed by atoms with van der Waals surface area (Å²) in [6, 6.07) is 11.4. The van der Waals surface area contributed by atoms with Gasteiger partial charge in [0.15, 0.2) is 0 Å². The number of rotatable bonds is 9. The molecule has 2 aromatic heterocycles. The molecule has 1 fully saturated rings. The Kier molecular flexibility index (Phi) is 7.30. The van der Waals surface area contributed by atoms with E-state index in [4.69, 9.17) is 4.98 Å². The zero-order valence-electron chi connectivity index (χ0n) is 20.1. The molecule has 3 heterocycles. The van der Waals surface area contributed by atoms with Gasteiger partial charge in [0.05, 0.1) is 0 Å². The van der Waals surface area contributed by atoms with Crippen molar-refractivity contribution in [1.29, 1.82) is 0 Å². The van der Waals surface area contributed by atoms with Gasteiger partial charge in [-0.25, -0.2) is 4.98 Å². The number of aromatic nitrogens is 3. The molecule has 0 unspecified atom stereocenters. The van der Waals surface area contributed by atoms with Gasteiger partial charge in [0.25, 0.3) is 0 Å². The molecule has 172 valence electrons. The minimum atomic E-state index is 0.468. The van der Waals surface area contributed by atoms with E-state index in [1.807, 2.05) is 6.20 Å². The van der Waals surface area contributed by atoms with E-state index in [1.165, 1.54) is 17.8 Å². The number of fused-ring (bicyclic) bond motifs is 1. The molecule has 0 radical (unpaired) electrons. The number of hydrogen-bond donors (Lipinski definition) is 2. The van der Waals surface area contributed by atoms with Crippen molar-refractivity contribution in [2.75, 3.05) is 36.4 Å². The quantitative estimate of drug-likeness (QED) is 0.463. The summed E-state index contributed by atoms with van der Waals surface area (Å²) < 4.78 is 2.47. The van der Waals surface area contributed by atoms with E-state index in [2.05, 4.69) is 83.1 Å². The van der Waals surface area contributed by atoms with E-state index in [1.54, 1.807) is 0 Å². The zero-order chi connectivity index (χ0) is 22.5. The molecule has 2 N–H and O–H groups in total. The number of piperazine rings is 1. The fourth-order valence-corrected chi connectivity index (χ4v) is 4.62. The average molecular weight is 435 g/mol. The van der Waals surface area contributed by atoms with Crippen LogP contribution in [0.1, 0.15) is 58.7 Å². The van der Waals surface area contributed by atoms with Gasteiger partial charge in [0, 0.05) is 60.9 Å². The van der Waals surface area contributed by atoms with Crippen molar-refractivity contribution in [2.45, 2.75) is 59.4 Å². The van der Waals surface area contributed by atoms with Gasteiger partial charge in [-0.3, -0.25) is 0 Å². The average Bonchev–Trinajstić information content (AvgIpc) is 3.17. The third-order valence-electron chi connectivity index (χ3n) is 6.55. The van der Waals surface area contributed by atoms with Gasteiger partial charge in [0.1, 0.15) is 5.65 Å². The first-order valence-corrected chi connectivity index (χ1v) is 12.3. The minimum absolute atomic E-state index is 0.468. The van der Waals surface area contributed by atoms with Crippen molar-refractivity contribution in [2.24, 2.45) is 5.92 Å². The van der Waals surface area contributed by atoms with Crippen LogP contribution in [0.2, 0.25) is 0 Å². The Morgan fingerprint density at radius 1 is 1.06 bits per heavy atom. The molecule has 0 spiro atoms. The predicted octanol–water partition coefficient (Wildman–Crippen LogP) is 5.53. The van der Waals surface area contributed by atoms with Crippen LogP contribution in [0.4, 0.5) is 17.3 Å². The summed E-state index contributed by atoms with van der Waals surface area (Å²) in [5.74, 6) is 1.35. The van der Waals surface area contributed by atoms with Gasteiger partial charge in [-0.05, 0) is 61.9 Å². The third-order valence-corrected chi connectivity index (χ3v) is 6.55. The van der Waals surface area contributed by atoms with Crippen LogP contribution >= 0.6 is 0 Å². The van der Waals surface area contributed by atoms with Crippen LogP contribution in [0, 0.1) is 5.92 Å². The highest BCUT2D eigenvalue weighted by Gasteiger charge is 2.18. The lowest BCUT2D eigenvalue weighted by Gasteiger charge is -2.29. The van der Waals surface area contributed by atoms with Gasteiger partial charge in [-0.15, -0.1) is 0 Å². The molecule has 0 aliphatic carbocycles. The second-order valence-corrected chi connectivity index (χ2v) is 9.29. The van der Waals surface area contributed by atoms with E-state index in [9.17, 15) is 0 Å². The van der Waals surface area contributed by atoms with Crippen LogP contribution < -0.4 is 15.5 Å². The van der Waals surface area contributed by atoms with E-state index in [0.717, 1.165) is 62.2 Å². The number of nitrogens with one attached hydrogen (secondary N) is 2. The molecule has 0 saturated carbocycles. The zero-order valence-corrected chi connectivity index (χ0v) is 20.1. The third kappa shape index (κ3) is 5.07. The van der Waals surface area contributed by atoms with Crippen LogP contribution in [0.3, 0.4) is 0 Å². The maximum atomic E-state index is 4.97. The van der Waals surface area contributed by atoms with Crippen molar-refractivity contribution < 1.29 is 0 Å². The van der Waals surface area contributed by atoms with Crippen molar-refractivity contribution >= 4 is 28.4 Å². The Bertz CT molecular complexity index is 997. The van der Waals surface area contributed by atoms with Gasteiger partial charge in [0.2, 0.25) is 5.95 Å². The first-order chi connectivity index (χ1) is 15.6. The monoisotopic (exact) mass is 434 g/mol. The number of benzene rings is 1. The summed E-state index contributed by atoms with van der Waals surface area (Å²) in [7, 11) is 0. The molecule has 1 aromatic carbocycles. The van der Waals surface area contributed by atoms with E-state index >= 15 is 0 Å². The molecule has 1 aliphatic rings. The molecule has 0 atom stereocenters. The van der Waals surface area contributed by atoms with E-state index in [0.29, 0.717) is 17.9 Å². The van der Waals surface area contributed by atoms with Crippen molar-refractivity contribution in [3.05, 3.63) is 42.2 Å². The maximum absolute atomic E-state index is 4.97. The lowest BCUT2D eigenvalue weighted by molar-refractivity contribution is 0.459. The summed E-state index contributed by atoms with van der Waals surface area (Å²) in [6.45, 7) is 13.3. The topological polar surface area (TPSA) is 58.0 Å². The highest BCUT2D eigenvalue weighted by Crippen LogP contribution is 2.29. The standard InChI is InChI=1S/C26H38N6/c1-5-22(6-2)32-24(10-7-19(3)4)17-20-18-28-26(30-25(20)32)29-21-8-11-23(12-9-21)31-15-13-27-14-16-31/h8-9,11-12,17-19,22,27H,5-7,10,13-16H2,1-4H3,(H,28,29,30). The molecule has 6 heteroatoms. The molecular formula is C26H38N6. The fraction of sp³-hybridized carbons (Fsp3) is 0.538. The number of anilines is 3. The van der Waals surface area contributed by atoms with Gasteiger partial charge < -0.3 is 20.1 Å². The molecule has 3 aromatic rings. The van der Waals surface area contributed by atoms with Gasteiger partial charge in [-0.1, -0.05) is 27.7 Å². The molecule has 6 nitrogen and oxygen atoms in total. The number of aryl methyl sites for hydroxylation is 1. The largest absolute Gasteiger partial charge is 0.369 e. The lowest BCUT2D eigenvalue weighted by Crippen LogP contribution is -2.43. The Morgan fingerprint density at radius 3 is 2.44 bits per heavy atom. The lowest BCUT2D eigenvalue weighted by atomic mass is 10.1. The van der Waals surface area contributed by atoms with E-state index < -0.39 is 0 Å². The molecule has 1 saturated heterocycles. The predicted molar refractivity (Wildman–Crippen MR) is 135 cm³/mol. The molecule has 32 heavy (non-hydrogen) atoms. The van der Waals surface area contributed by atoms with Crippen LogP contribution in [0.5, 0.6) is 0 Å². The first-order valence-electron chi connectivity index (χ1n) is 12.3. The van der Waals surface area contributed by atoms with Crippen molar-refractivity contribution in [1.82, 2.24) is 19.9 Å². The summed E-state index contributed by atoms with van der Waals surface area (Å²) in [6.07, 6.45) is 6.46. The molecular weight excluding hydrogens is 396 g/mol. The molecule has 4 rings (SSSR count). The van der Waals surface area contributed by atoms with E-state index in [-0.39, 0.29) is 0 Å². The summed E-state index contributed by atoms with van der Waals surface area (Å²) in [5.41, 5.74) is 4.72. The normalized spacial score (nSPS) is 14.6. The van der Waals surface area contributed by atoms with Crippen LogP contribution in [0.25, 0.3) is 11.0 Å². The Morgan fingerprint density at radius 2 is 1.78 bits per heavy atom. The van der Waals surface area contributed by atoms with Gasteiger partial charge >= 0.3 is 0 Å². The SMILES string of the molecule is CCC(CC)n1c(CCC(C)C)cc2cnc(Nc3ccc(N4CCNCC4)cc3)nc21. The Balaban J connectivity index is 1.58. The smallest absolute Gasteiger partial charge is 0.229 e. The van der Waals surface area contributed by atoms with Gasteiger partial charge in [-0.2, -0.15) is 4.98 Å². The first kappa shape index (κ1) is 22.6. The van der Waals surface area contributed by atoms with Crippen LogP contribution in [-0.4, -0.2) is 40.7 Å². The summed E-state index contributed by atoms with van der Waals surface area (Å²) in [4.78, 5) is 12.0. The van der Waals surface area contributed by atoms with Crippen molar-refractivity contribution in [3.8, 4) is 0 Å². The molecule has 0 amide bonds. The summed E-state index contributed by atoms with van der Waals surface area (Å²) in [5, 5.41) is 7.96. The fourth-order valence-electron chi connectivity index (χ4n) is 4.62. The Labute approximate surface area is 192 Å². The highest BCUT2D eigenvalue weighted by molar-refractivity contribution is 5.78. The van der Waals surface area contributed by atoms with Crippen LogP contribution in [-0.2, 0) is 6.42 Å². The second kappa shape index (κ2) is 10.3. The molecule has 0 bridgehead atoms. The second-order valence-electron chi connectivity index (χ2n) is 9.29. The summed E-state index contributed by atoms with van der Waals surface area (Å²) >= 11 is 0.